The summed E-state index contributed by atoms with van der Waals surface area (Å²) in [6.07, 6.45) is 4.32. The number of hydrogen-bond donors (Lipinski definition) is 1. The minimum Gasteiger partial charge on any atom is -0.477 e. The summed E-state index contributed by atoms with van der Waals surface area (Å²) in [6, 6.07) is 1.89. The molecule has 3 atom stereocenters. The number of aliphatic carboxylic acids is 1. The maximum Gasteiger partial charge on any atom is 0.352 e. The molecule has 0 bridgehead atoms. The van der Waals surface area contributed by atoms with Crippen molar-refractivity contribution in [3.8, 4) is 6.07 Å². The number of nitriles is 1. The quantitative estimate of drug-likeness (QED) is 0.484. The van der Waals surface area contributed by atoms with E-state index in [-0.39, 0.29) is 36.1 Å². The van der Waals surface area contributed by atoms with E-state index in [0.29, 0.717) is 12.2 Å². The average Bonchev–Trinajstić information content (AvgIpc) is 2.80. The fraction of sp³-hybridized carbons (Fsp3) is 0.562. The van der Waals surface area contributed by atoms with Gasteiger partial charge in [0.05, 0.1) is 31.2 Å². The zero-order valence-corrected chi connectivity index (χ0v) is 12.4. The van der Waals surface area contributed by atoms with Gasteiger partial charge in [-0.05, 0) is 31.8 Å². The topological polar surface area (TPSA) is 90.6 Å². The first-order valence-electron chi connectivity index (χ1n) is 7.57. The molecule has 0 spiro atoms. The molecular formula is C16H18N2O4. The Kier molecular flexibility index (Phi) is 3.75. The first kappa shape index (κ1) is 14.8. The van der Waals surface area contributed by atoms with Crippen LogP contribution in [0.3, 0.4) is 0 Å². The van der Waals surface area contributed by atoms with Gasteiger partial charge in [0.15, 0.2) is 0 Å². The van der Waals surface area contributed by atoms with Gasteiger partial charge in [0.1, 0.15) is 5.70 Å². The number of carboxylic acid groups (broad SMARTS) is 1. The van der Waals surface area contributed by atoms with Crippen LogP contribution in [-0.2, 0) is 14.3 Å². The molecule has 3 rings (SSSR count). The van der Waals surface area contributed by atoms with Crippen LogP contribution in [-0.4, -0.2) is 40.6 Å². The lowest BCUT2D eigenvalue weighted by Crippen LogP contribution is -2.54. The first-order valence-corrected chi connectivity index (χ1v) is 7.57. The van der Waals surface area contributed by atoms with E-state index in [1.54, 1.807) is 6.08 Å². The van der Waals surface area contributed by atoms with Gasteiger partial charge in [-0.1, -0.05) is 6.08 Å². The van der Waals surface area contributed by atoms with E-state index in [4.69, 9.17) is 10.00 Å². The van der Waals surface area contributed by atoms with Gasteiger partial charge in [-0.2, -0.15) is 5.26 Å². The standard InChI is InChI=1S/C16H18N2O4/c1-2-9-13-10-5-3-6-11(22-8-4-7-17)12(10)14(16(20)21)18(13)15(9)19/h2,10-11,13H,3-6,8H2,1H3,(H,20,21)/b9-2-/t10-,11-,13-/m0/s1. The largest absolute Gasteiger partial charge is 0.477 e. The summed E-state index contributed by atoms with van der Waals surface area (Å²) in [7, 11) is 0. The van der Waals surface area contributed by atoms with E-state index in [9.17, 15) is 14.7 Å². The summed E-state index contributed by atoms with van der Waals surface area (Å²) in [6.45, 7) is 2.10. The third kappa shape index (κ3) is 1.97. The van der Waals surface area contributed by atoms with Crippen LogP contribution < -0.4 is 0 Å². The highest BCUT2D eigenvalue weighted by atomic mass is 16.5. The molecule has 0 radical (unpaired) electrons. The van der Waals surface area contributed by atoms with E-state index in [1.165, 1.54) is 4.90 Å². The average molecular weight is 302 g/mol. The van der Waals surface area contributed by atoms with Gasteiger partial charge in [0.2, 0.25) is 0 Å². The molecular weight excluding hydrogens is 284 g/mol. The number of allylic oxidation sites excluding steroid dienone is 1. The molecule has 1 aliphatic carbocycles. The van der Waals surface area contributed by atoms with Crippen molar-refractivity contribution in [3.05, 3.63) is 22.9 Å². The molecule has 22 heavy (non-hydrogen) atoms. The summed E-state index contributed by atoms with van der Waals surface area (Å²) in [5, 5.41) is 18.2. The Bertz CT molecular complexity index is 629. The molecule has 0 unspecified atom stereocenters. The Morgan fingerprint density at radius 3 is 2.95 bits per heavy atom. The number of carboxylic acids is 1. The number of carbonyl (C=O) groups is 2. The maximum absolute atomic E-state index is 12.2. The summed E-state index contributed by atoms with van der Waals surface area (Å²) in [4.78, 5) is 25.3. The third-order valence-corrected chi connectivity index (χ3v) is 4.73. The molecule has 1 N–H and O–H groups in total. The van der Waals surface area contributed by atoms with Crippen molar-refractivity contribution in [2.45, 2.75) is 44.8 Å². The smallest absolute Gasteiger partial charge is 0.352 e. The molecule has 1 saturated heterocycles. The molecule has 0 aromatic carbocycles. The zero-order valence-electron chi connectivity index (χ0n) is 12.4. The highest BCUT2D eigenvalue weighted by molar-refractivity contribution is 6.09. The van der Waals surface area contributed by atoms with Crippen molar-refractivity contribution in [2.75, 3.05) is 6.61 Å². The molecule has 2 fully saturated rings. The predicted molar refractivity (Wildman–Crippen MR) is 76.4 cm³/mol. The lowest BCUT2D eigenvalue weighted by Gasteiger charge is -2.42. The fourth-order valence-electron chi connectivity index (χ4n) is 3.91. The predicted octanol–water partition coefficient (Wildman–Crippen LogP) is 1.59. The molecule has 2 heterocycles. The zero-order chi connectivity index (χ0) is 15.9. The van der Waals surface area contributed by atoms with Crippen molar-refractivity contribution in [2.24, 2.45) is 5.92 Å². The van der Waals surface area contributed by atoms with Crippen LogP contribution in [0.4, 0.5) is 0 Å². The van der Waals surface area contributed by atoms with Crippen molar-refractivity contribution >= 4 is 11.9 Å². The molecule has 2 aliphatic heterocycles. The summed E-state index contributed by atoms with van der Waals surface area (Å²) in [5.41, 5.74) is 1.55. The molecule has 6 nitrogen and oxygen atoms in total. The van der Waals surface area contributed by atoms with Crippen LogP contribution in [0, 0.1) is 17.2 Å². The normalized spacial score (nSPS) is 31.6. The van der Waals surface area contributed by atoms with Crippen LogP contribution in [0.2, 0.25) is 0 Å². The molecule has 1 amide bonds. The summed E-state index contributed by atoms with van der Waals surface area (Å²) >= 11 is 0. The van der Waals surface area contributed by atoms with Gasteiger partial charge in [-0.25, -0.2) is 4.79 Å². The van der Waals surface area contributed by atoms with Crippen LogP contribution in [0.25, 0.3) is 0 Å². The minimum atomic E-state index is -1.07. The minimum absolute atomic E-state index is 0.0378. The molecule has 3 aliphatic rings. The number of nitrogens with zero attached hydrogens (tertiary/aromatic N) is 2. The molecule has 6 heteroatoms. The van der Waals surface area contributed by atoms with Gasteiger partial charge in [0, 0.05) is 11.5 Å². The van der Waals surface area contributed by atoms with Gasteiger partial charge in [0.25, 0.3) is 5.91 Å². The number of β-lactam (4-membered cyclic amide) rings is 1. The third-order valence-electron chi connectivity index (χ3n) is 4.73. The number of amides is 1. The van der Waals surface area contributed by atoms with Crippen LogP contribution in [0.5, 0.6) is 0 Å². The number of rotatable bonds is 4. The molecule has 0 aromatic heterocycles. The molecule has 116 valence electrons. The van der Waals surface area contributed by atoms with Crippen molar-refractivity contribution in [1.82, 2.24) is 4.90 Å². The Balaban J connectivity index is 1.95. The summed E-state index contributed by atoms with van der Waals surface area (Å²) in [5.74, 6) is -1.24. The second-order valence-electron chi connectivity index (χ2n) is 5.78. The van der Waals surface area contributed by atoms with E-state index >= 15 is 0 Å². The number of hydrogen-bond acceptors (Lipinski definition) is 4. The molecule has 1 saturated carbocycles. The number of carbonyl (C=O) groups excluding carboxylic acids is 1. The maximum atomic E-state index is 12.2. The summed E-state index contributed by atoms with van der Waals surface area (Å²) < 4.78 is 5.75. The monoisotopic (exact) mass is 302 g/mol. The van der Waals surface area contributed by atoms with Crippen molar-refractivity contribution < 1.29 is 19.4 Å². The van der Waals surface area contributed by atoms with Crippen LogP contribution in [0.15, 0.2) is 22.9 Å². The van der Waals surface area contributed by atoms with Crippen molar-refractivity contribution in [3.63, 3.8) is 0 Å². The van der Waals surface area contributed by atoms with E-state index in [0.717, 1.165) is 24.8 Å². The van der Waals surface area contributed by atoms with E-state index < -0.39 is 5.97 Å². The second kappa shape index (κ2) is 5.58. The lowest BCUT2D eigenvalue weighted by atomic mass is 9.75. The van der Waals surface area contributed by atoms with Gasteiger partial charge >= 0.3 is 5.97 Å². The number of ether oxygens (including phenoxy) is 1. The molecule has 0 aromatic rings. The van der Waals surface area contributed by atoms with E-state index in [1.807, 2.05) is 13.0 Å². The van der Waals surface area contributed by atoms with Crippen LogP contribution >= 0.6 is 0 Å². The van der Waals surface area contributed by atoms with Gasteiger partial charge < -0.3 is 9.84 Å². The highest BCUT2D eigenvalue weighted by Crippen LogP contribution is 2.51. The Hall–Kier alpha value is -2.13. The Labute approximate surface area is 128 Å². The van der Waals surface area contributed by atoms with Crippen LogP contribution in [0.1, 0.15) is 32.6 Å². The SMILES string of the molecule is C/C=C1\C(=O)N2C(C(=O)O)=C3[C@@H](OCCC#N)CCC[C@@H]3[C@H]12. The van der Waals surface area contributed by atoms with Gasteiger partial charge in [-0.3, -0.25) is 9.69 Å². The highest BCUT2D eigenvalue weighted by Gasteiger charge is 2.58. The fourth-order valence-corrected chi connectivity index (χ4v) is 3.91. The Morgan fingerprint density at radius 2 is 2.32 bits per heavy atom. The van der Waals surface area contributed by atoms with Crippen molar-refractivity contribution in [1.29, 1.82) is 5.26 Å². The van der Waals surface area contributed by atoms with Gasteiger partial charge in [-0.15, -0.1) is 0 Å². The Morgan fingerprint density at radius 1 is 1.55 bits per heavy atom. The number of fused-ring (bicyclic) bond motifs is 3. The first-order chi connectivity index (χ1) is 10.6. The lowest BCUT2D eigenvalue weighted by molar-refractivity contribution is -0.142. The second-order valence-corrected chi connectivity index (χ2v) is 5.78. The van der Waals surface area contributed by atoms with E-state index in [2.05, 4.69) is 0 Å².